The Labute approximate surface area is 122 Å². The summed E-state index contributed by atoms with van der Waals surface area (Å²) in [5.74, 6) is 0.733. The first-order chi connectivity index (χ1) is 9.26. The SMILES string of the molecule is CCNCc1sc(Cc2nc(C)cs2)nc1C1CC1. The van der Waals surface area contributed by atoms with Gasteiger partial charge in [-0.3, -0.25) is 0 Å². The minimum atomic E-state index is 0.733. The lowest BCUT2D eigenvalue weighted by Gasteiger charge is -2.00. The quantitative estimate of drug-likeness (QED) is 0.886. The van der Waals surface area contributed by atoms with Crippen molar-refractivity contribution in [2.75, 3.05) is 6.54 Å². The summed E-state index contributed by atoms with van der Waals surface area (Å²) in [5.41, 5.74) is 2.47. The lowest BCUT2D eigenvalue weighted by atomic mass is 10.2. The zero-order chi connectivity index (χ0) is 13.2. The van der Waals surface area contributed by atoms with Crippen LogP contribution in [0.5, 0.6) is 0 Å². The summed E-state index contributed by atoms with van der Waals surface area (Å²) in [6.45, 7) is 6.19. The molecule has 0 aliphatic heterocycles. The van der Waals surface area contributed by atoms with E-state index in [1.807, 2.05) is 18.3 Å². The third-order valence-electron chi connectivity index (χ3n) is 3.24. The molecule has 0 unspecified atom stereocenters. The molecule has 3 nitrogen and oxygen atoms in total. The van der Waals surface area contributed by atoms with Crippen LogP contribution in [0, 0.1) is 6.92 Å². The van der Waals surface area contributed by atoms with Crippen LogP contribution in [0.1, 0.15) is 52.0 Å². The smallest absolute Gasteiger partial charge is 0.0999 e. The van der Waals surface area contributed by atoms with E-state index in [0.717, 1.165) is 31.1 Å². The molecule has 2 aromatic heterocycles. The van der Waals surface area contributed by atoms with Gasteiger partial charge in [-0.15, -0.1) is 22.7 Å². The predicted molar refractivity (Wildman–Crippen MR) is 81.1 cm³/mol. The van der Waals surface area contributed by atoms with Crippen LogP contribution in [-0.2, 0) is 13.0 Å². The molecule has 19 heavy (non-hydrogen) atoms. The summed E-state index contributed by atoms with van der Waals surface area (Å²) < 4.78 is 0. The van der Waals surface area contributed by atoms with Crippen molar-refractivity contribution in [1.29, 1.82) is 0 Å². The van der Waals surface area contributed by atoms with Gasteiger partial charge in [-0.1, -0.05) is 6.92 Å². The minimum Gasteiger partial charge on any atom is -0.312 e. The van der Waals surface area contributed by atoms with E-state index in [2.05, 4.69) is 22.6 Å². The van der Waals surface area contributed by atoms with Crippen LogP contribution in [0.3, 0.4) is 0 Å². The number of thiazole rings is 2. The van der Waals surface area contributed by atoms with Crippen molar-refractivity contribution >= 4 is 22.7 Å². The second-order valence-corrected chi connectivity index (χ2v) is 7.14. The first-order valence-electron chi connectivity index (χ1n) is 6.86. The molecule has 0 spiro atoms. The van der Waals surface area contributed by atoms with Gasteiger partial charge in [0.25, 0.3) is 0 Å². The fourth-order valence-electron chi connectivity index (χ4n) is 2.14. The summed E-state index contributed by atoms with van der Waals surface area (Å²) in [5, 5.41) is 7.95. The molecule has 2 heterocycles. The summed E-state index contributed by atoms with van der Waals surface area (Å²) in [7, 11) is 0. The van der Waals surface area contributed by atoms with Crippen molar-refractivity contribution < 1.29 is 0 Å². The molecule has 1 fully saturated rings. The van der Waals surface area contributed by atoms with Gasteiger partial charge in [0.05, 0.1) is 22.1 Å². The highest BCUT2D eigenvalue weighted by Gasteiger charge is 2.29. The van der Waals surface area contributed by atoms with Crippen molar-refractivity contribution in [2.45, 2.75) is 45.6 Å². The Morgan fingerprint density at radius 2 is 2.16 bits per heavy atom. The molecule has 1 aliphatic carbocycles. The molecule has 0 aromatic carbocycles. The summed E-state index contributed by atoms with van der Waals surface area (Å²) in [4.78, 5) is 10.8. The van der Waals surface area contributed by atoms with Gasteiger partial charge >= 0.3 is 0 Å². The molecule has 0 radical (unpaired) electrons. The first-order valence-corrected chi connectivity index (χ1v) is 8.56. The number of rotatable bonds is 6. The van der Waals surface area contributed by atoms with Gasteiger partial charge in [0.1, 0.15) is 0 Å². The first kappa shape index (κ1) is 13.2. The van der Waals surface area contributed by atoms with E-state index < -0.39 is 0 Å². The molecular formula is C14H19N3S2. The van der Waals surface area contributed by atoms with Gasteiger partial charge in [-0.2, -0.15) is 0 Å². The molecule has 2 aromatic rings. The average molecular weight is 293 g/mol. The van der Waals surface area contributed by atoms with E-state index in [0.29, 0.717) is 0 Å². The maximum absolute atomic E-state index is 4.87. The van der Waals surface area contributed by atoms with Gasteiger partial charge in [-0.25, -0.2) is 9.97 Å². The van der Waals surface area contributed by atoms with E-state index in [-0.39, 0.29) is 0 Å². The van der Waals surface area contributed by atoms with E-state index in [1.54, 1.807) is 11.3 Å². The number of aryl methyl sites for hydroxylation is 1. The van der Waals surface area contributed by atoms with Gasteiger partial charge in [0.15, 0.2) is 0 Å². The normalized spacial score (nSPS) is 15.1. The Balaban J connectivity index is 1.77. The Bertz CT molecular complexity index is 555. The van der Waals surface area contributed by atoms with Gasteiger partial charge in [0.2, 0.25) is 0 Å². The summed E-state index contributed by atoms with van der Waals surface area (Å²) in [6.07, 6.45) is 3.53. The summed E-state index contributed by atoms with van der Waals surface area (Å²) in [6, 6.07) is 0. The summed E-state index contributed by atoms with van der Waals surface area (Å²) >= 11 is 3.61. The topological polar surface area (TPSA) is 37.8 Å². The number of nitrogens with one attached hydrogen (secondary N) is 1. The fraction of sp³-hybridized carbons (Fsp3) is 0.571. The molecule has 3 rings (SSSR count). The second-order valence-electron chi connectivity index (χ2n) is 5.03. The van der Waals surface area contributed by atoms with E-state index in [9.17, 15) is 0 Å². The highest BCUT2D eigenvalue weighted by molar-refractivity contribution is 7.12. The highest BCUT2D eigenvalue weighted by Crippen LogP contribution is 2.42. The number of hydrogen-bond donors (Lipinski definition) is 1. The molecule has 1 N–H and O–H groups in total. The third-order valence-corrected chi connectivity index (χ3v) is 5.28. The molecule has 1 aliphatic rings. The fourth-order valence-corrected chi connectivity index (χ4v) is 4.14. The second kappa shape index (κ2) is 5.69. The molecule has 0 saturated heterocycles. The number of nitrogens with zero attached hydrogens (tertiary/aromatic N) is 2. The zero-order valence-electron chi connectivity index (χ0n) is 11.4. The lowest BCUT2D eigenvalue weighted by molar-refractivity contribution is 0.726. The Hall–Kier alpha value is -0.780. The van der Waals surface area contributed by atoms with Crippen molar-refractivity contribution in [3.8, 4) is 0 Å². The largest absolute Gasteiger partial charge is 0.312 e. The van der Waals surface area contributed by atoms with Crippen molar-refractivity contribution in [3.05, 3.63) is 31.7 Å². The van der Waals surface area contributed by atoms with Crippen molar-refractivity contribution in [1.82, 2.24) is 15.3 Å². The van der Waals surface area contributed by atoms with Crippen molar-refractivity contribution in [3.63, 3.8) is 0 Å². The van der Waals surface area contributed by atoms with Gasteiger partial charge in [0, 0.05) is 28.4 Å². The molecule has 0 bridgehead atoms. The lowest BCUT2D eigenvalue weighted by Crippen LogP contribution is -2.11. The van der Waals surface area contributed by atoms with Crippen LogP contribution in [-0.4, -0.2) is 16.5 Å². The van der Waals surface area contributed by atoms with Crippen LogP contribution in [0.15, 0.2) is 5.38 Å². The van der Waals surface area contributed by atoms with Crippen LogP contribution < -0.4 is 5.32 Å². The molecular weight excluding hydrogens is 274 g/mol. The number of hydrogen-bond acceptors (Lipinski definition) is 5. The van der Waals surface area contributed by atoms with Crippen molar-refractivity contribution in [2.24, 2.45) is 0 Å². The van der Waals surface area contributed by atoms with Crippen LogP contribution >= 0.6 is 22.7 Å². The minimum absolute atomic E-state index is 0.733. The average Bonchev–Trinajstić information content (AvgIpc) is 3.05. The molecule has 0 atom stereocenters. The Morgan fingerprint density at radius 1 is 1.32 bits per heavy atom. The van der Waals surface area contributed by atoms with E-state index in [1.165, 1.54) is 33.4 Å². The molecule has 0 amide bonds. The zero-order valence-corrected chi connectivity index (χ0v) is 13.0. The van der Waals surface area contributed by atoms with Gasteiger partial charge < -0.3 is 5.32 Å². The Kier molecular flexibility index (Phi) is 3.96. The molecule has 1 saturated carbocycles. The maximum Gasteiger partial charge on any atom is 0.0999 e. The molecule has 5 heteroatoms. The maximum atomic E-state index is 4.87. The Morgan fingerprint density at radius 3 is 2.79 bits per heavy atom. The predicted octanol–water partition coefficient (Wildman–Crippen LogP) is 3.49. The van der Waals surface area contributed by atoms with Crippen LogP contribution in [0.25, 0.3) is 0 Å². The monoisotopic (exact) mass is 293 g/mol. The third kappa shape index (κ3) is 3.22. The van der Waals surface area contributed by atoms with Crippen LogP contribution in [0.4, 0.5) is 0 Å². The van der Waals surface area contributed by atoms with Gasteiger partial charge in [-0.05, 0) is 26.3 Å². The standard InChI is InChI=1S/C14H19N3S2/c1-3-15-7-11-14(10-4-5-10)17-13(19-11)6-12-16-9(2)8-18-12/h8,10,15H,3-7H2,1-2H3. The highest BCUT2D eigenvalue weighted by atomic mass is 32.1. The van der Waals surface area contributed by atoms with E-state index in [4.69, 9.17) is 4.98 Å². The van der Waals surface area contributed by atoms with E-state index >= 15 is 0 Å². The molecule has 102 valence electrons. The van der Waals surface area contributed by atoms with Crippen LogP contribution in [0.2, 0.25) is 0 Å². The number of aromatic nitrogens is 2.